The highest BCUT2D eigenvalue weighted by molar-refractivity contribution is 5.92. The zero-order valence-corrected chi connectivity index (χ0v) is 13.7. The molecule has 0 amide bonds. The van der Waals surface area contributed by atoms with Gasteiger partial charge in [0.25, 0.3) is 0 Å². The van der Waals surface area contributed by atoms with Gasteiger partial charge in [0.15, 0.2) is 0 Å². The highest BCUT2D eigenvalue weighted by Crippen LogP contribution is 2.22. The molecular formula is C20H23NO3. The van der Waals surface area contributed by atoms with E-state index in [9.17, 15) is 4.79 Å². The summed E-state index contributed by atoms with van der Waals surface area (Å²) in [4.78, 5) is 12.4. The monoisotopic (exact) mass is 325 g/mol. The molecule has 0 aliphatic carbocycles. The third-order valence-electron chi connectivity index (χ3n) is 4.15. The second-order valence-electron chi connectivity index (χ2n) is 5.93. The van der Waals surface area contributed by atoms with Crippen LogP contribution in [0.15, 0.2) is 54.6 Å². The van der Waals surface area contributed by atoms with E-state index in [2.05, 4.69) is 5.32 Å². The molecule has 4 heteroatoms. The van der Waals surface area contributed by atoms with Crippen molar-refractivity contribution in [2.45, 2.75) is 25.4 Å². The molecule has 1 saturated heterocycles. The average molecular weight is 325 g/mol. The minimum atomic E-state index is -0.324. The summed E-state index contributed by atoms with van der Waals surface area (Å²) in [5, 5.41) is 3.31. The summed E-state index contributed by atoms with van der Waals surface area (Å²) in [5.41, 5.74) is 1.66. The van der Waals surface area contributed by atoms with Gasteiger partial charge in [0.05, 0.1) is 6.61 Å². The molecule has 0 saturated carbocycles. The zero-order chi connectivity index (χ0) is 16.6. The molecule has 24 heavy (non-hydrogen) atoms. The highest BCUT2D eigenvalue weighted by atomic mass is 16.5. The van der Waals surface area contributed by atoms with E-state index in [0.29, 0.717) is 24.3 Å². The summed E-state index contributed by atoms with van der Waals surface area (Å²) < 4.78 is 11.5. The van der Waals surface area contributed by atoms with Crippen LogP contribution in [0.5, 0.6) is 5.75 Å². The number of carbonyl (C=O) groups is 1. The second-order valence-corrected chi connectivity index (χ2v) is 5.93. The van der Waals surface area contributed by atoms with Crippen LogP contribution < -0.4 is 10.1 Å². The van der Waals surface area contributed by atoms with Crippen molar-refractivity contribution in [3.05, 3.63) is 65.7 Å². The Balaban J connectivity index is 1.57. The van der Waals surface area contributed by atoms with Crippen LogP contribution in [0, 0.1) is 0 Å². The highest BCUT2D eigenvalue weighted by Gasteiger charge is 2.19. The maximum absolute atomic E-state index is 12.4. The maximum Gasteiger partial charge on any atom is 0.341 e. The van der Waals surface area contributed by atoms with Crippen LogP contribution in [-0.4, -0.2) is 31.8 Å². The Labute approximate surface area is 142 Å². The van der Waals surface area contributed by atoms with Crippen molar-refractivity contribution in [1.29, 1.82) is 0 Å². The molecule has 3 rings (SSSR count). The van der Waals surface area contributed by atoms with Crippen molar-refractivity contribution in [2.24, 2.45) is 0 Å². The molecule has 126 valence electrons. The number of hydrogen-bond donors (Lipinski definition) is 1. The molecule has 4 nitrogen and oxygen atoms in total. The molecule has 0 bridgehead atoms. The van der Waals surface area contributed by atoms with Crippen LogP contribution in [0.2, 0.25) is 0 Å². The smallest absolute Gasteiger partial charge is 0.341 e. The van der Waals surface area contributed by atoms with Crippen molar-refractivity contribution >= 4 is 5.97 Å². The molecule has 0 unspecified atom stereocenters. The normalized spacial score (nSPS) is 15.0. The molecular weight excluding hydrogens is 302 g/mol. The number of nitrogens with one attached hydrogen (secondary N) is 1. The fraction of sp³-hybridized carbons (Fsp3) is 0.350. The second kappa shape index (κ2) is 8.50. The van der Waals surface area contributed by atoms with Gasteiger partial charge in [-0.15, -0.1) is 0 Å². The van der Waals surface area contributed by atoms with Crippen molar-refractivity contribution in [3.63, 3.8) is 0 Å². The predicted molar refractivity (Wildman–Crippen MR) is 93.4 cm³/mol. The van der Waals surface area contributed by atoms with Crippen molar-refractivity contribution in [1.82, 2.24) is 5.32 Å². The van der Waals surface area contributed by atoms with E-state index in [1.165, 1.54) is 0 Å². The van der Waals surface area contributed by atoms with E-state index in [0.717, 1.165) is 31.5 Å². The molecule has 0 aromatic heterocycles. The van der Waals surface area contributed by atoms with Crippen LogP contribution in [0.3, 0.4) is 0 Å². The summed E-state index contributed by atoms with van der Waals surface area (Å²) in [5.74, 6) is 0.296. The van der Waals surface area contributed by atoms with Gasteiger partial charge in [-0.05, 0) is 43.6 Å². The summed E-state index contributed by atoms with van der Waals surface area (Å²) >= 11 is 0. The molecule has 2 aromatic carbocycles. The lowest BCUT2D eigenvalue weighted by atomic mass is 10.1. The predicted octanol–water partition coefficient (Wildman–Crippen LogP) is 3.22. The first-order valence-electron chi connectivity index (χ1n) is 8.50. The lowest BCUT2D eigenvalue weighted by molar-refractivity contribution is 0.0500. The SMILES string of the molecule is O=C(OCCc1ccccc1)c1ccccc1OC1CCNCC1. The molecule has 0 atom stereocenters. The van der Waals surface area contributed by atoms with E-state index >= 15 is 0 Å². The topological polar surface area (TPSA) is 47.6 Å². The molecule has 1 heterocycles. The maximum atomic E-state index is 12.4. The molecule has 1 N–H and O–H groups in total. The van der Waals surface area contributed by atoms with Gasteiger partial charge in [0.1, 0.15) is 17.4 Å². The molecule has 1 aliphatic rings. The number of benzene rings is 2. The van der Waals surface area contributed by atoms with Gasteiger partial charge in [-0.3, -0.25) is 0 Å². The van der Waals surface area contributed by atoms with Crippen LogP contribution >= 0.6 is 0 Å². The van der Waals surface area contributed by atoms with Gasteiger partial charge in [-0.2, -0.15) is 0 Å². The molecule has 1 aliphatic heterocycles. The fourth-order valence-corrected chi connectivity index (χ4v) is 2.81. The van der Waals surface area contributed by atoms with Gasteiger partial charge in [-0.25, -0.2) is 4.79 Å². The van der Waals surface area contributed by atoms with E-state index in [1.807, 2.05) is 48.5 Å². The zero-order valence-electron chi connectivity index (χ0n) is 13.7. The number of hydrogen-bond acceptors (Lipinski definition) is 4. The standard InChI is InChI=1S/C20H23NO3/c22-20(23-15-12-16-6-2-1-3-7-16)18-8-4-5-9-19(18)24-17-10-13-21-14-11-17/h1-9,17,21H,10-15H2. The van der Waals surface area contributed by atoms with E-state index in [1.54, 1.807) is 6.07 Å². The van der Waals surface area contributed by atoms with Gasteiger partial charge in [-0.1, -0.05) is 42.5 Å². The summed E-state index contributed by atoms with van der Waals surface area (Å²) in [7, 11) is 0. The number of piperidine rings is 1. The van der Waals surface area contributed by atoms with Gasteiger partial charge >= 0.3 is 5.97 Å². The summed E-state index contributed by atoms with van der Waals surface area (Å²) in [6.45, 7) is 2.27. The average Bonchev–Trinajstić information content (AvgIpc) is 2.64. The Hall–Kier alpha value is -2.33. The third-order valence-corrected chi connectivity index (χ3v) is 4.15. The minimum Gasteiger partial charge on any atom is -0.489 e. The minimum absolute atomic E-state index is 0.157. The quantitative estimate of drug-likeness (QED) is 0.829. The van der Waals surface area contributed by atoms with Gasteiger partial charge in [0.2, 0.25) is 0 Å². The van der Waals surface area contributed by atoms with E-state index < -0.39 is 0 Å². The summed E-state index contributed by atoms with van der Waals surface area (Å²) in [6.07, 6.45) is 2.78. The van der Waals surface area contributed by atoms with Crippen molar-refractivity contribution in [3.8, 4) is 5.75 Å². The van der Waals surface area contributed by atoms with Crippen LogP contribution in [0.1, 0.15) is 28.8 Å². The Morgan fingerprint density at radius 3 is 2.50 bits per heavy atom. The largest absolute Gasteiger partial charge is 0.489 e. The molecule has 2 aromatic rings. The number of esters is 1. The molecule has 0 radical (unpaired) electrons. The Morgan fingerprint density at radius 2 is 1.71 bits per heavy atom. The Kier molecular flexibility index (Phi) is 5.85. The van der Waals surface area contributed by atoms with Crippen LogP contribution in [0.25, 0.3) is 0 Å². The first-order chi connectivity index (χ1) is 11.8. The summed E-state index contributed by atoms with van der Waals surface area (Å²) in [6, 6.07) is 17.3. The molecule has 1 fully saturated rings. The first kappa shape index (κ1) is 16.5. The number of ether oxygens (including phenoxy) is 2. The van der Waals surface area contributed by atoms with E-state index in [4.69, 9.17) is 9.47 Å². The lowest BCUT2D eigenvalue weighted by Gasteiger charge is -2.24. The number of rotatable bonds is 6. The number of carbonyl (C=O) groups excluding carboxylic acids is 1. The number of para-hydroxylation sites is 1. The first-order valence-corrected chi connectivity index (χ1v) is 8.50. The van der Waals surface area contributed by atoms with Gasteiger partial charge in [0, 0.05) is 6.42 Å². The molecule has 0 spiro atoms. The van der Waals surface area contributed by atoms with Crippen LogP contribution in [-0.2, 0) is 11.2 Å². The Bertz CT molecular complexity index is 651. The third kappa shape index (κ3) is 4.59. The van der Waals surface area contributed by atoms with Crippen molar-refractivity contribution < 1.29 is 14.3 Å². The Morgan fingerprint density at radius 1 is 1.00 bits per heavy atom. The van der Waals surface area contributed by atoms with Crippen LogP contribution in [0.4, 0.5) is 0 Å². The van der Waals surface area contributed by atoms with Crippen molar-refractivity contribution in [2.75, 3.05) is 19.7 Å². The lowest BCUT2D eigenvalue weighted by Crippen LogP contribution is -2.34. The van der Waals surface area contributed by atoms with E-state index in [-0.39, 0.29) is 12.1 Å². The van der Waals surface area contributed by atoms with Gasteiger partial charge < -0.3 is 14.8 Å². The fourth-order valence-electron chi connectivity index (χ4n) is 2.81.